The van der Waals surface area contributed by atoms with Gasteiger partial charge >= 0.3 is 0 Å². The molecule has 0 heterocycles. The first-order valence-electron chi connectivity index (χ1n) is 15.1. The predicted octanol–water partition coefficient (Wildman–Crippen LogP) is 6.42. The Hall–Kier alpha value is -3.56. The number of methoxy groups -OCH3 is 1. The molecule has 1 N–H and O–H groups in total. The highest BCUT2D eigenvalue weighted by Crippen LogP contribution is 2.30. The van der Waals surface area contributed by atoms with E-state index < -0.39 is 28.5 Å². The van der Waals surface area contributed by atoms with E-state index in [4.69, 9.17) is 16.3 Å². The van der Waals surface area contributed by atoms with Crippen LogP contribution >= 0.6 is 11.6 Å². The number of hydrogen-bond donors (Lipinski definition) is 1. The van der Waals surface area contributed by atoms with Crippen molar-refractivity contribution in [1.29, 1.82) is 0 Å². The third-order valence-corrected chi connectivity index (χ3v) is 10.2. The lowest BCUT2D eigenvalue weighted by Crippen LogP contribution is -2.54. The van der Waals surface area contributed by atoms with Gasteiger partial charge in [-0.25, -0.2) is 8.42 Å². The van der Waals surface area contributed by atoms with Crippen LogP contribution in [-0.2, 0) is 26.2 Å². The average molecular weight is 640 g/mol. The molecular formula is C34H42ClN3O5S. The predicted molar refractivity (Wildman–Crippen MR) is 175 cm³/mol. The molecule has 8 nitrogen and oxygen atoms in total. The summed E-state index contributed by atoms with van der Waals surface area (Å²) in [6, 6.07) is 18.0. The summed E-state index contributed by atoms with van der Waals surface area (Å²) in [4.78, 5) is 29.7. The second kappa shape index (κ2) is 14.9. The first-order valence-corrected chi connectivity index (χ1v) is 16.9. The zero-order valence-corrected chi connectivity index (χ0v) is 27.5. The summed E-state index contributed by atoms with van der Waals surface area (Å²) >= 11 is 6.34. The van der Waals surface area contributed by atoms with Gasteiger partial charge in [0, 0.05) is 17.6 Å². The van der Waals surface area contributed by atoms with Crippen LogP contribution in [0.5, 0.6) is 5.75 Å². The van der Waals surface area contributed by atoms with Crippen molar-refractivity contribution in [2.45, 2.75) is 82.8 Å². The van der Waals surface area contributed by atoms with Crippen molar-refractivity contribution in [3.05, 3.63) is 88.4 Å². The van der Waals surface area contributed by atoms with Gasteiger partial charge in [-0.05, 0) is 80.6 Å². The fourth-order valence-electron chi connectivity index (χ4n) is 5.63. The van der Waals surface area contributed by atoms with E-state index in [2.05, 4.69) is 5.32 Å². The van der Waals surface area contributed by atoms with Crippen molar-refractivity contribution in [2.75, 3.05) is 18.0 Å². The molecule has 10 heteroatoms. The number of anilines is 1. The van der Waals surface area contributed by atoms with E-state index >= 15 is 0 Å². The molecule has 236 valence electrons. The highest BCUT2D eigenvalue weighted by molar-refractivity contribution is 7.92. The standard InChI is InChI=1S/C34H42ClN3O5S/c1-5-31(34(40)36-28-11-7-6-8-12-28)37(22-26-10-9-13-29(20-26)43-4)33(39)23-38(32-21-27(35)17-16-25(32)3)44(41,42)30-18-14-24(2)15-19-30/h9-10,13-21,28,31H,5-8,11-12,22-23H2,1-4H3,(H,36,40)/t31-/m1/s1. The van der Waals surface area contributed by atoms with Gasteiger partial charge in [0.15, 0.2) is 0 Å². The smallest absolute Gasteiger partial charge is 0.264 e. The van der Waals surface area contributed by atoms with Crippen LogP contribution in [0.2, 0.25) is 5.02 Å². The van der Waals surface area contributed by atoms with Crippen LogP contribution in [-0.4, -0.2) is 50.9 Å². The normalized spacial score (nSPS) is 14.5. The largest absolute Gasteiger partial charge is 0.497 e. The lowest BCUT2D eigenvalue weighted by atomic mass is 9.95. The molecule has 0 saturated heterocycles. The molecule has 2 amide bonds. The topological polar surface area (TPSA) is 96.0 Å². The molecule has 0 unspecified atom stereocenters. The Kier molecular flexibility index (Phi) is 11.3. The quantitative estimate of drug-likeness (QED) is 0.247. The Morgan fingerprint density at radius 3 is 2.36 bits per heavy atom. The van der Waals surface area contributed by atoms with Gasteiger partial charge in [-0.1, -0.05) is 73.7 Å². The molecule has 0 spiro atoms. The Morgan fingerprint density at radius 1 is 1.00 bits per heavy atom. The van der Waals surface area contributed by atoms with Gasteiger partial charge in [0.2, 0.25) is 11.8 Å². The molecule has 0 aromatic heterocycles. The number of sulfonamides is 1. The Balaban J connectivity index is 1.75. The molecule has 0 aliphatic heterocycles. The molecule has 1 atom stereocenters. The van der Waals surface area contributed by atoms with Crippen molar-refractivity contribution >= 4 is 39.1 Å². The van der Waals surface area contributed by atoms with E-state index in [-0.39, 0.29) is 23.4 Å². The molecule has 1 aliphatic carbocycles. The van der Waals surface area contributed by atoms with Gasteiger partial charge in [0.1, 0.15) is 18.3 Å². The number of carbonyl (C=O) groups is 2. The fraction of sp³-hybridized carbons (Fsp3) is 0.412. The van der Waals surface area contributed by atoms with E-state index in [1.54, 1.807) is 50.4 Å². The lowest BCUT2D eigenvalue weighted by Gasteiger charge is -2.35. The summed E-state index contributed by atoms with van der Waals surface area (Å²) in [5, 5.41) is 3.51. The van der Waals surface area contributed by atoms with E-state index in [0.29, 0.717) is 28.4 Å². The number of amides is 2. The van der Waals surface area contributed by atoms with E-state index in [1.807, 2.05) is 32.0 Å². The minimum atomic E-state index is -4.19. The summed E-state index contributed by atoms with van der Waals surface area (Å²) in [7, 11) is -2.63. The molecule has 1 fully saturated rings. The second-order valence-corrected chi connectivity index (χ2v) is 13.7. The van der Waals surface area contributed by atoms with Crippen LogP contribution in [0.25, 0.3) is 0 Å². The first-order chi connectivity index (χ1) is 21.0. The SMILES string of the molecule is CC[C@H](C(=O)NC1CCCCC1)N(Cc1cccc(OC)c1)C(=O)CN(c1cc(Cl)ccc1C)S(=O)(=O)c1ccc(C)cc1. The lowest BCUT2D eigenvalue weighted by molar-refractivity contribution is -0.140. The number of nitrogens with one attached hydrogen (secondary N) is 1. The third-order valence-electron chi connectivity index (χ3n) is 8.15. The molecule has 1 aliphatic rings. The van der Waals surface area contributed by atoms with Gasteiger partial charge in [-0.3, -0.25) is 13.9 Å². The molecular weight excluding hydrogens is 598 g/mol. The van der Waals surface area contributed by atoms with Gasteiger partial charge in [0.25, 0.3) is 10.0 Å². The van der Waals surface area contributed by atoms with Gasteiger partial charge < -0.3 is 15.0 Å². The van der Waals surface area contributed by atoms with Gasteiger partial charge in [0.05, 0.1) is 17.7 Å². The Morgan fingerprint density at radius 2 is 1.70 bits per heavy atom. The van der Waals surface area contributed by atoms with Crippen LogP contribution in [0.15, 0.2) is 71.6 Å². The van der Waals surface area contributed by atoms with E-state index in [1.165, 1.54) is 17.0 Å². The Bertz CT molecular complexity index is 1560. The number of nitrogens with zero attached hydrogens (tertiary/aromatic N) is 2. The van der Waals surface area contributed by atoms with Gasteiger partial charge in [-0.2, -0.15) is 0 Å². The van der Waals surface area contributed by atoms with Crippen LogP contribution in [0.3, 0.4) is 0 Å². The molecule has 1 saturated carbocycles. The number of carbonyl (C=O) groups excluding carboxylic acids is 2. The zero-order chi connectivity index (χ0) is 31.9. The molecule has 0 radical (unpaired) electrons. The number of benzene rings is 3. The summed E-state index contributed by atoms with van der Waals surface area (Å²) in [5.74, 6) is -0.121. The van der Waals surface area contributed by atoms with Crippen molar-refractivity contribution in [3.8, 4) is 5.75 Å². The van der Waals surface area contributed by atoms with E-state index in [9.17, 15) is 18.0 Å². The molecule has 3 aromatic rings. The number of rotatable bonds is 12. The molecule has 0 bridgehead atoms. The second-order valence-electron chi connectivity index (χ2n) is 11.4. The van der Waals surface area contributed by atoms with Crippen molar-refractivity contribution in [2.24, 2.45) is 0 Å². The number of halogens is 1. The average Bonchev–Trinajstić information content (AvgIpc) is 3.01. The van der Waals surface area contributed by atoms with Gasteiger partial charge in [-0.15, -0.1) is 0 Å². The Labute approximate surface area is 266 Å². The summed E-state index contributed by atoms with van der Waals surface area (Å²) in [5.41, 5.74) is 2.60. The zero-order valence-electron chi connectivity index (χ0n) is 25.9. The molecule has 44 heavy (non-hydrogen) atoms. The van der Waals surface area contributed by atoms with Crippen LogP contribution in [0, 0.1) is 13.8 Å². The maximum atomic E-state index is 14.4. The number of hydrogen-bond acceptors (Lipinski definition) is 5. The maximum absolute atomic E-state index is 14.4. The first kappa shape index (κ1) is 33.3. The minimum Gasteiger partial charge on any atom is -0.497 e. The molecule has 4 rings (SSSR count). The highest BCUT2D eigenvalue weighted by Gasteiger charge is 2.35. The number of ether oxygens (including phenoxy) is 1. The van der Waals surface area contributed by atoms with Crippen molar-refractivity contribution in [1.82, 2.24) is 10.2 Å². The van der Waals surface area contributed by atoms with Crippen LogP contribution in [0.4, 0.5) is 5.69 Å². The highest BCUT2D eigenvalue weighted by atomic mass is 35.5. The summed E-state index contributed by atoms with van der Waals surface area (Å²) < 4.78 is 34.8. The van der Waals surface area contributed by atoms with Crippen LogP contribution < -0.4 is 14.4 Å². The van der Waals surface area contributed by atoms with Crippen molar-refractivity contribution < 1.29 is 22.7 Å². The summed E-state index contributed by atoms with van der Waals surface area (Å²) in [6.45, 7) is 5.08. The van der Waals surface area contributed by atoms with E-state index in [0.717, 1.165) is 47.5 Å². The number of aryl methyl sites for hydroxylation is 2. The maximum Gasteiger partial charge on any atom is 0.264 e. The fourth-order valence-corrected chi connectivity index (χ4v) is 7.27. The minimum absolute atomic E-state index is 0.0525. The van der Waals surface area contributed by atoms with Crippen molar-refractivity contribution in [3.63, 3.8) is 0 Å². The monoisotopic (exact) mass is 639 g/mol. The van der Waals surface area contributed by atoms with Crippen LogP contribution in [0.1, 0.15) is 62.1 Å². The third kappa shape index (κ3) is 8.12. The molecule has 3 aromatic carbocycles. The summed E-state index contributed by atoms with van der Waals surface area (Å²) in [6.07, 6.45) is 5.43.